The van der Waals surface area contributed by atoms with Crippen LogP contribution in [0.15, 0.2) is 18.2 Å². The van der Waals surface area contributed by atoms with Crippen molar-refractivity contribution in [3.63, 3.8) is 0 Å². The number of benzene rings is 1. The average Bonchev–Trinajstić information content (AvgIpc) is 2.07. The molecule has 0 bridgehead atoms. The molecule has 74 valence electrons. The van der Waals surface area contributed by atoms with Crippen molar-refractivity contribution in [3.05, 3.63) is 35.1 Å². The Morgan fingerprint density at radius 1 is 1.57 bits per heavy atom. The molecule has 0 aliphatic rings. The van der Waals surface area contributed by atoms with E-state index < -0.39 is 11.8 Å². The Hall–Kier alpha value is -1.49. The van der Waals surface area contributed by atoms with E-state index in [9.17, 15) is 9.18 Å². The standard InChI is InChI=1S/C9H8FNO2S/c10-8-5(4-7(12)13)2-1-3-6(8)9(11)14/h1-3H,4H2,(H2,11,14)(H,12,13). The Labute approximate surface area is 85.3 Å². The van der Waals surface area contributed by atoms with Crippen LogP contribution in [0.2, 0.25) is 0 Å². The van der Waals surface area contributed by atoms with E-state index in [1.807, 2.05) is 0 Å². The van der Waals surface area contributed by atoms with E-state index in [0.717, 1.165) is 0 Å². The van der Waals surface area contributed by atoms with E-state index in [-0.39, 0.29) is 22.5 Å². The summed E-state index contributed by atoms with van der Waals surface area (Å²) in [5, 5.41) is 8.49. The summed E-state index contributed by atoms with van der Waals surface area (Å²) in [5.41, 5.74) is 5.43. The number of hydrogen-bond donors (Lipinski definition) is 2. The Morgan fingerprint density at radius 3 is 2.71 bits per heavy atom. The maximum Gasteiger partial charge on any atom is 0.307 e. The van der Waals surface area contributed by atoms with Gasteiger partial charge in [0.2, 0.25) is 0 Å². The monoisotopic (exact) mass is 213 g/mol. The number of aliphatic carboxylic acids is 1. The van der Waals surface area contributed by atoms with Gasteiger partial charge in [0.25, 0.3) is 0 Å². The summed E-state index contributed by atoms with van der Waals surface area (Å²) >= 11 is 4.61. The molecular formula is C9H8FNO2S. The van der Waals surface area contributed by atoms with Crippen LogP contribution >= 0.6 is 12.2 Å². The van der Waals surface area contributed by atoms with Crippen molar-refractivity contribution in [2.24, 2.45) is 5.73 Å². The average molecular weight is 213 g/mol. The van der Waals surface area contributed by atoms with E-state index in [0.29, 0.717) is 0 Å². The second-order valence-electron chi connectivity index (χ2n) is 2.71. The van der Waals surface area contributed by atoms with Gasteiger partial charge in [0.1, 0.15) is 10.8 Å². The Morgan fingerprint density at radius 2 is 2.21 bits per heavy atom. The number of hydrogen-bond acceptors (Lipinski definition) is 2. The predicted octanol–water partition coefficient (Wildman–Crippen LogP) is 1.09. The van der Waals surface area contributed by atoms with Crippen molar-refractivity contribution in [1.29, 1.82) is 0 Å². The Balaban J connectivity index is 3.13. The summed E-state index contributed by atoms with van der Waals surface area (Å²) < 4.78 is 13.5. The van der Waals surface area contributed by atoms with Gasteiger partial charge in [-0.15, -0.1) is 0 Å². The highest BCUT2D eigenvalue weighted by Crippen LogP contribution is 2.13. The molecule has 1 aromatic rings. The summed E-state index contributed by atoms with van der Waals surface area (Å²) in [7, 11) is 0. The first-order valence-electron chi connectivity index (χ1n) is 3.81. The van der Waals surface area contributed by atoms with Crippen molar-refractivity contribution in [2.45, 2.75) is 6.42 Å². The van der Waals surface area contributed by atoms with Gasteiger partial charge in [-0.1, -0.05) is 24.4 Å². The van der Waals surface area contributed by atoms with Crippen LogP contribution in [0.1, 0.15) is 11.1 Å². The molecule has 0 spiro atoms. The first-order valence-corrected chi connectivity index (χ1v) is 4.22. The van der Waals surface area contributed by atoms with E-state index in [1.165, 1.54) is 18.2 Å². The smallest absolute Gasteiger partial charge is 0.307 e. The number of carboxylic acids is 1. The Kier molecular flexibility index (Phi) is 3.14. The Bertz CT molecular complexity index is 392. The number of halogens is 1. The van der Waals surface area contributed by atoms with Crippen molar-refractivity contribution in [2.75, 3.05) is 0 Å². The van der Waals surface area contributed by atoms with Gasteiger partial charge in [-0.05, 0) is 11.6 Å². The van der Waals surface area contributed by atoms with Crippen LogP contribution in [0.4, 0.5) is 4.39 Å². The van der Waals surface area contributed by atoms with Crippen LogP contribution in [0, 0.1) is 5.82 Å². The molecular weight excluding hydrogens is 205 g/mol. The zero-order valence-corrected chi connectivity index (χ0v) is 7.97. The molecule has 1 aromatic carbocycles. The summed E-state index contributed by atoms with van der Waals surface area (Å²) in [6, 6.07) is 4.34. The van der Waals surface area contributed by atoms with Gasteiger partial charge in [0.15, 0.2) is 0 Å². The lowest BCUT2D eigenvalue weighted by molar-refractivity contribution is -0.136. The van der Waals surface area contributed by atoms with Crippen molar-refractivity contribution < 1.29 is 14.3 Å². The first kappa shape index (κ1) is 10.6. The van der Waals surface area contributed by atoms with Crippen LogP contribution in [0.3, 0.4) is 0 Å². The first-order chi connectivity index (χ1) is 6.52. The third-order valence-corrected chi connectivity index (χ3v) is 1.91. The SMILES string of the molecule is NC(=S)c1cccc(CC(=O)O)c1F. The summed E-state index contributed by atoms with van der Waals surface area (Å²) in [6.07, 6.45) is -0.373. The van der Waals surface area contributed by atoms with Crippen molar-refractivity contribution >= 4 is 23.2 Å². The number of carboxylic acid groups (broad SMARTS) is 1. The normalized spacial score (nSPS) is 9.79. The molecule has 0 aliphatic carbocycles. The third-order valence-electron chi connectivity index (χ3n) is 1.69. The topological polar surface area (TPSA) is 63.3 Å². The maximum atomic E-state index is 13.5. The molecule has 1 rings (SSSR count). The summed E-state index contributed by atoms with van der Waals surface area (Å²) in [5.74, 6) is -1.74. The minimum absolute atomic E-state index is 0.0743. The third kappa shape index (κ3) is 2.26. The molecule has 14 heavy (non-hydrogen) atoms. The van der Waals surface area contributed by atoms with E-state index in [2.05, 4.69) is 12.2 Å². The molecule has 3 nitrogen and oxygen atoms in total. The van der Waals surface area contributed by atoms with Gasteiger partial charge in [-0.3, -0.25) is 4.79 Å². The lowest BCUT2D eigenvalue weighted by Crippen LogP contribution is -2.14. The van der Waals surface area contributed by atoms with E-state index in [4.69, 9.17) is 10.8 Å². The fourth-order valence-corrected chi connectivity index (χ4v) is 1.23. The van der Waals surface area contributed by atoms with E-state index >= 15 is 0 Å². The molecule has 0 heterocycles. The number of thiocarbonyl (C=S) groups is 1. The lowest BCUT2D eigenvalue weighted by Gasteiger charge is -2.04. The zero-order chi connectivity index (χ0) is 10.7. The van der Waals surface area contributed by atoms with Gasteiger partial charge in [0.05, 0.1) is 6.42 Å². The molecule has 0 radical (unpaired) electrons. The van der Waals surface area contributed by atoms with Gasteiger partial charge < -0.3 is 10.8 Å². The minimum atomic E-state index is -1.09. The summed E-state index contributed by atoms with van der Waals surface area (Å²) in [6.45, 7) is 0. The molecule has 0 atom stereocenters. The van der Waals surface area contributed by atoms with E-state index in [1.54, 1.807) is 0 Å². The molecule has 0 saturated heterocycles. The fourth-order valence-electron chi connectivity index (χ4n) is 1.07. The quantitative estimate of drug-likeness (QED) is 0.738. The van der Waals surface area contributed by atoms with Gasteiger partial charge in [-0.2, -0.15) is 0 Å². The van der Waals surface area contributed by atoms with Gasteiger partial charge in [-0.25, -0.2) is 4.39 Å². The molecule has 0 aromatic heterocycles. The largest absolute Gasteiger partial charge is 0.481 e. The zero-order valence-electron chi connectivity index (χ0n) is 7.16. The van der Waals surface area contributed by atoms with Crippen LogP contribution in [0.5, 0.6) is 0 Å². The molecule has 0 amide bonds. The van der Waals surface area contributed by atoms with Crippen molar-refractivity contribution in [3.8, 4) is 0 Å². The summed E-state index contributed by atoms with van der Waals surface area (Å²) in [4.78, 5) is 10.3. The molecule has 5 heteroatoms. The number of carbonyl (C=O) groups is 1. The lowest BCUT2D eigenvalue weighted by atomic mass is 10.1. The van der Waals surface area contributed by atoms with Crippen molar-refractivity contribution in [1.82, 2.24) is 0 Å². The highest BCUT2D eigenvalue weighted by atomic mass is 32.1. The number of nitrogens with two attached hydrogens (primary N) is 1. The van der Waals surface area contributed by atoms with Crippen LogP contribution in [0.25, 0.3) is 0 Å². The van der Waals surface area contributed by atoms with Gasteiger partial charge in [0, 0.05) is 5.56 Å². The van der Waals surface area contributed by atoms with Crippen LogP contribution < -0.4 is 5.73 Å². The van der Waals surface area contributed by atoms with Crippen LogP contribution in [-0.4, -0.2) is 16.1 Å². The molecule has 0 unspecified atom stereocenters. The molecule has 0 aliphatic heterocycles. The molecule has 0 saturated carbocycles. The number of rotatable bonds is 3. The second kappa shape index (κ2) is 4.15. The minimum Gasteiger partial charge on any atom is -0.481 e. The fraction of sp³-hybridized carbons (Fsp3) is 0.111. The second-order valence-corrected chi connectivity index (χ2v) is 3.15. The molecule has 3 N–H and O–H groups in total. The van der Waals surface area contributed by atoms with Gasteiger partial charge >= 0.3 is 5.97 Å². The maximum absolute atomic E-state index is 13.5. The highest BCUT2D eigenvalue weighted by molar-refractivity contribution is 7.80. The molecule has 0 fully saturated rings. The van der Waals surface area contributed by atoms with Crippen LogP contribution in [-0.2, 0) is 11.2 Å². The predicted molar refractivity (Wildman–Crippen MR) is 53.6 cm³/mol. The highest BCUT2D eigenvalue weighted by Gasteiger charge is 2.11.